The van der Waals surface area contributed by atoms with E-state index in [1.165, 1.54) is 19.3 Å². The number of phenolic OH excluding ortho intramolecular Hbond substituents is 1. The summed E-state index contributed by atoms with van der Waals surface area (Å²) in [7, 11) is 1.43. The molecule has 0 saturated carbocycles. The molecule has 1 aliphatic heterocycles. The van der Waals surface area contributed by atoms with Crippen LogP contribution in [0.2, 0.25) is 0 Å². The third kappa shape index (κ3) is 4.52. The predicted octanol–water partition coefficient (Wildman–Crippen LogP) is 2.75. The molecule has 1 aliphatic rings. The van der Waals surface area contributed by atoms with E-state index in [0.29, 0.717) is 17.9 Å². The molecule has 0 bridgehead atoms. The average Bonchev–Trinajstić information content (AvgIpc) is 2.95. The van der Waals surface area contributed by atoms with Crippen molar-refractivity contribution in [2.24, 2.45) is 0 Å². The first-order chi connectivity index (χ1) is 13.5. The van der Waals surface area contributed by atoms with E-state index in [4.69, 9.17) is 4.74 Å². The fourth-order valence-corrected chi connectivity index (χ4v) is 3.42. The van der Waals surface area contributed by atoms with Crippen molar-refractivity contribution in [2.45, 2.75) is 6.54 Å². The van der Waals surface area contributed by atoms with Crippen molar-refractivity contribution in [3.63, 3.8) is 0 Å². The van der Waals surface area contributed by atoms with Crippen molar-refractivity contribution in [1.29, 1.82) is 0 Å². The summed E-state index contributed by atoms with van der Waals surface area (Å²) in [5.41, 5.74) is 1.46. The molecule has 144 valence electrons. The maximum atomic E-state index is 12.5. The summed E-state index contributed by atoms with van der Waals surface area (Å²) < 4.78 is 4.97. The van der Waals surface area contributed by atoms with Crippen LogP contribution in [0.3, 0.4) is 0 Å². The summed E-state index contributed by atoms with van der Waals surface area (Å²) in [4.78, 5) is 37.8. The van der Waals surface area contributed by atoms with Crippen LogP contribution >= 0.6 is 11.8 Å². The van der Waals surface area contributed by atoms with E-state index in [1.807, 2.05) is 30.3 Å². The van der Waals surface area contributed by atoms with E-state index in [-0.39, 0.29) is 17.2 Å². The van der Waals surface area contributed by atoms with Crippen LogP contribution in [0.15, 0.2) is 53.4 Å². The molecule has 2 aromatic carbocycles. The molecule has 2 N–H and O–H groups in total. The molecule has 28 heavy (non-hydrogen) atoms. The van der Waals surface area contributed by atoms with Gasteiger partial charge in [-0.15, -0.1) is 0 Å². The van der Waals surface area contributed by atoms with E-state index in [0.717, 1.165) is 22.2 Å². The second-order valence-corrected chi connectivity index (χ2v) is 6.95. The number of imide groups is 1. The number of aromatic hydroxyl groups is 1. The van der Waals surface area contributed by atoms with Crippen LogP contribution in [-0.2, 0) is 16.1 Å². The van der Waals surface area contributed by atoms with Crippen LogP contribution in [0, 0.1) is 0 Å². The Bertz CT molecular complexity index is 943. The van der Waals surface area contributed by atoms with Crippen molar-refractivity contribution >= 4 is 34.9 Å². The van der Waals surface area contributed by atoms with Gasteiger partial charge in [0.15, 0.2) is 11.5 Å². The topological polar surface area (TPSA) is 95.9 Å². The van der Waals surface area contributed by atoms with Crippen LogP contribution < -0.4 is 10.1 Å². The zero-order valence-corrected chi connectivity index (χ0v) is 15.9. The average molecular weight is 398 g/mol. The Kier molecular flexibility index (Phi) is 6.00. The number of carbonyl (C=O) groups is 3. The van der Waals surface area contributed by atoms with Gasteiger partial charge in [-0.3, -0.25) is 19.3 Å². The van der Waals surface area contributed by atoms with Gasteiger partial charge in [0.1, 0.15) is 6.54 Å². The number of amides is 3. The monoisotopic (exact) mass is 398 g/mol. The van der Waals surface area contributed by atoms with Crippen LogP contribution in [-0.4, -0.2) is 40.7 Å². The van der Waals surface area contributed by atoms with E-state index >= 15 is 0 Å². The summed E-state index contributed by atoms with van der Waals surface area (Å²) in [5, 5.41) is 12.0. The van der Waals surface area contributed by atoms with Crippen LogP contribution in [0.1, 0.15) is 11.1 Å². The van der Waals surface area contributed by atoms with Gasteiger partial charge in [0, 0.05) is 6.54 Å². The number of thioether (sulfide) groups is 1. The number of benzene rings is 2. The number of rotatable bonds is 6. The minimum absolute atomic E-state index is 0.0734. The minimum Gasteiger partial charge on any atom is -0.504 e. The summed E-state index contributed by atoms with van der Waals surface area (Å²) >= 11 is 0.755. The van der Waals surface area contributed by atoms with Gasteiger partial charge in [0.2, 0.25) is 5.91 Å². The Labute approximate surface area is 166 Å². The number of nitrogens with zero attached hydrogens (tertiary/aromatic N) is 1. The quantitative estimate of drug-likeness (QED) is 0.727. The molecular weight excluding hydrogens is 380 g/mol. The number of carbonyl (C=O) groups excluding carboxylic acids is 3. The highest BCUT2D eigenvalue weighted by Crippen LogP contribution is 2.33. The first-order valence-corrected chi connectivity index (χ1v) is 9.22. The van der Waals surface area contributed by atoms with E-state index in [2.05, 4.69) is 5.32 Å². The van der Waals surface area contributed by atoms with Crippen LogP contribution in [0.25, 0.3) is 6.08 Å². The number of phenols is 1. The normalized spacial score (nSPS) is 15.2. The Hall–Kier alpha value is -3.26. The van der Waals surface area contributed by atoms with Crippen molar-refractivity contribution in [1.82, 2.24) is 10.2 Å². The van der Waals surface area contributed by atoms with Gasteiger partial charge in [-0.25, -0.2) is 0 Å². The molecule has 0 unspecified atom stereocenters. The minimum atomic E-state index is -0.542. The fraction of sp³-hybridized carbons (Fsp3) is 0.150. The van der Waals surface area contributed by atoms with Gasteiger partial charge in [-0.1, -0.05) is 36.4 Å². The lowest BCUT2D eigenvalue weighted by Crippen LogP contribution is -2.39. The molecule has 2 aromatic rings. The highest BCUT2D eigenvalue weighted by Gasteiger charge is 2.36. The molecule has 0 spiro atoms. The second-order valence-electron chi connectivity index (χ2n) is 5.96. The van der Waals surface area contributed by atoms with Gasteiger partial charge < -0.3 is 15.2 Å². The van der Waals surface area contributed by atoms with Gasteiger partial charge in [-0.05, 0) is 41.1 Å². The molecule has 1 heterocycles. The molecule has 1 saturated heterocycles. The third-order valence-electron chi connectivity index (χ3n) is 4.01. The van der Waals surface area contributed by atoms with Crippen molar-refractivity contribution in [3.05, 3.63) is 64.6 Å². The van der Waals surface area contributed by atoms with Crippen molar-refractivity contribution in [2.75, 3.05) is 13.7 Å². The molecular formula is C20H18N2O5S. The summed E-state index contributed by atoms with van der Waals surface area (Å²) in [5.74, 6) is -0.731. The van der Waals surface area contributed by atoms with Crippen molar-refractivity contribution < 1.29 is 24.2 Å². The van der Waals surface area contributed by atoms with Crippen LogP contribution in [0.4, 0.5) is 4.79 Å². The number of ether oxygens (including phenoxy) is 1. The molecule has 1 fully saturated rings. The van der Waals surface area contributed by atoms with Gasteiger partial charge in [-0.2, -0.15) is 0 Å². The van der Waals surface area contributed by atoms with Gasteiger partial charge in [0.05, 0.1) is 12.0 Å². The standard InChI is InChI=1S/C20H18N2O5S/c1-27-16-8-7-14(9-15(16)23)10-17-19(25)22(20(26)28-17)12-18(24)21-11-13-5-3-2-4-6-13/h2-10,23H,11-12H2,1H3,(H,21,24)/b17-10-. The Morgan fingerprint density at radius 1 is 1.21 bits per heavy atom. The van der Waals surface area contributed by atoms with Crippen molar-refractivity contribution in [3.8, 4) is 11.5 Å². The number of nitrogens with one attached hydrogen (secondary N) is 1. The lowest BCUT2D eigenvalue weighted by atomic mass is 10.2. The first kappa shape index (κ1) is 19.5. The maximum Gasteiger partial charge on any atom is 0.294 e. The smallest absolute Gasteiger partial charge is 0.294 e. The van der Waals surface area contributed by atoms with Crippen LogP contribution in [0.5, 0.6) is 11.5 Å². The molecule has 0 radical (unpaired) electrons. The zero-order valence-electron chi connectivity index (χ0n) is 15.0. The first-order valence-electron chi connectivity index (χ1n) is 8.41. The zero-order chi connectivity index (χ0) is 20.1. The lowest BCUT2D eigenvalue weighted by molar-refractivity contribution is -0.129. The molecule has 3 amide bonds. The highest BCUT2D eigenvalue weighted by atomic mass is 32.2. The highest BCUT2D eigenvalue weighted by molar-refractivity contribution is 8.18. The van der Waals surface area contributed by atoms with Gasteiger partial charge >= 0.3 is 0 Å². The summed E-state index contributed by atoms with van der Waals surface area (Å²) in [6.07, 6.45) is 1.49. The van der Waals surface area contributed by atoms with E-state index in [1.54, 1.807) is 12.1 Å². The Morgan fingerprint density at radius 2 is 1.96 bits per heavy atom. The number of hydrogen-bond acceptors (Lipinski definition) is 6. The van der Waals surface area contributed by atoms with Gasteiger partial charge in [0.25, 0.3) is 11.1 Å². The molecule has 7 nitrogen and oxygen atoms in total. The molecule has 0 aromatic heterocycles. The maximum absolute atomic E-state index is 12.5. The summed E-state index contributed by atoms with van der Waals surface area (Å²) in [6.45, 7) is -0.0282. The predicted molar refractivity (Wildman–Crippen MR) is 106 cm³/mol. The molecule has 3 rings (SSSR count). The fourth-order valence-electron chi connectivity index (χ4n) is 2.58. The number of methoxy groups -OCH3 is 1. The Morgan fingerprint density at radius 3 is 2.64 bits per heavy atom. The van der Waals surface area contributed by atoms with E-state index in [9.17, 15) is 19.5 Å². The lowest BCUT2D eigenvalue weighted by Gasteiger charge is -2.12. The summed E-state index contributed by atoms with van der Waals surface area (Å²) in [6, 6.07) is 14.0. The molecule has 8 heteroatoms. The number of hydrogen-bond donors (Lipinski definition) is 2. The Balaban J connectivity index is 1.64. The second kappa shape index (κ2) is 8.62. The largest absolute Gasteiger partial charge is 0.504 e. The molecule has 0 atom stereocenters. The third-order valence-corrected chi connectivity index (χ3v) is 4.92. The SMILES string of the molecule is COc1ccc(/C=C2\SC(=O)N(CC(=O)NCc3ccccc3)C2=O)cc1O. The molecule has 0 aliphatic carbocycles. The van der Waals surface area contributed by atoms with E-state index < -0.39 is 17.1 Å².